The smallest absolute Gasteiger partial charge is 0.400 e. The second kappa shape index (κ2) is 4.17. The third-order valence-electron chi connectivity index (χ3n) is 1.59. The van der Waals surface area contributed by atoms with Gasteiger partial charge in [0.1, 0.15) is 17.3 Å². The predicted octanol–water partition coefficient (Wildman–Crippen LogP) is 0.533. The van der Waals surface area contributed by atoms with Crippen LogP contribution in [0.25, 0.3) is 0 Å². The topological polar surface area (TPSA) is 115 Å². The fourth-order valence-electron chi connectivity index (χ4n) is 0.985. The van der Waals surface area contributed by atoms with Crippen LogP contribution in [-0.4, -0.2) is 17.3 Å². The van der Waals surface area contributed by atoms with Crippen LogP contribution >= 0.6 is 0 Å². The molecule has 1 rings (SSSR count). The van der Waals surface area contributed by atoms with Gasteiger partial charge < -0.3 is 16.2 Å². The van der Waals surface area contributed by atoms with Crippen LogP contribution in [0.3, 0.4) is 0 Å². The quantitative estimate of drug-likeness (QED) is 0.789. The average molecular weight is 246 g/mol. The number of amides is 1. The summed E-state index contributed by atoms with van der Waals surface area (Å²) in [5.41, 5.74) is 9.00. The number of ether oxygens (including phenoxy) is 1. The van der Waals surface area contributed by atoms with Crippen LogP contribution in [0.5, 0.6) is 5.75 Å². The molecule has 0 aliphatic carbocycles. The Balaban J connectivity index is 3.33. The fraction of sp³-hybridized carbons (Fsp3) is 0.125. The number of anilines is 1. The molecule has 0 fully saturated rings. The Hall–Kier alpha value is -2.50. The summed E-state index contributed by atoms with van der Waals surface area (Å²) >= 11 is 0. The van der Waals surface area contributed by atoms with E-state index in [-0.39, 0.29) is 0 Å². The minimum atomic E-state index is -5.02. The molecule has 0 aromatic carbocycles. The summed E-state index contributed by atoms with van der Waals surface area (Å²) in [6.45, 7) is 0. The molecule has 0 saturated carbocycles. The average Bonchev–Trinajstić information content (AvgIpc) is 2.18. The van der Waals surface area contributed by atoms with Gasteiger partial charge in [-0.1, -0.05) is 0 Å². The molecule has 1 amide bonds. The van der Waals surface area contributed by atoms with Gasteiger partial charge in [0, 0.05) is 0 Å². The predicted molar refractivity (Wildman–Crippen MR) is 48.6 cm³/mol. The molecular weight excluding hydrogens is 241 g/mol. The maximum absolute atomic E-state index is 12.0. The van der Waals surface area contributed by atoms with E-state index in [1.807, 2.05) is 0 Å². The number of pyridine rings is 1. The zero-order valence-corrected chi connectivity index (χ0v) is 8.08. The van der Waals surface area contributed by atoms with Gasteiger partial charge >= 0.3 is 6.36 Å². The van der Waals surface area contributed by atoms with Gasteiger partial charge in [0.15, 0.2) is 11.6 Å². The number of nitriles is 1. The van der Waals surface area contributed by atoms with E-state index in [4.69, 9.17) is 16.7 Å². The summed E-state index contributed by atoms with van der Waals surface area (Å²) in [6.07, 6.45) is -5.02. The van der Waals surface area contributed by atoms with E-state index in [1.54, 1.807) is 0 Å². The highest BCUT2D eigenvalue weighted by molar-refractivity contribution is 5.92. The van der Waals surface area contributed by atoms with Gasteiger partial charge in [-0.25, -0.2) is 4.98 Å². The van der Waals surface area contributed by atoms with E-state index in [2.05, 4.69) is 9.72 Å². The summed E-state index contributed by atoms with van der Waals surface area (Å²) in [5.74, 6) is -2.72. The third-order valence-corrected chi connectivity index (χ3v) is 1.59. The molecule has 6 nitrogen and oxygen atoms in total. The van der Waals surface area contributed by atoms with Crippen molar-refractivity contribution in [3.63, 3.8) is 0 Å². The molecule has 0 unspecified atom stereocenters. The lowest BCUT2D eigenvalue weighted by atomic mass is 10.2. The Labute approximate surface area is 92.6 Å². The third kappa shape index (κ3) is 2.97. The maximum atomic E-state index is 12.0. The van der Waals surface area contributed by atoms with Gasteiger partial charge in [-0.15, -0.1) is 13.2 Å². The van der Waals surface area contributed by atoms with Crippen LogP contribution in [0.1, 0.15) is 16.1 Å². The van der Waals surface area contributed by atoms with Crippen LogP contribution < -0.4 is 16.2 Å². The number of nitrogens with zero attached hydrogens (tertiary/aromatic N) is 2. The molecule has 0 aliphatic heterocycles. The van der Waals surface area contributed by atoms with Gasteiger partial charge in [-0.2, -0.15) is 5.26 Å². The fourth-order valence-corrected chi connectivity index (χ4v) is 0.985. The van der Waals surface area contributed by atoms with Crippen molar-refractivity contribution in [1.29, 1.82) is 5.26 Å². The molecule has 0 saturated heterocycles. The number of alkyl halides is 3. The van der Waals surface area contributed by atoms with E-state index >= 15 is 0 Å². The Bertz CT molecular complexity index is 507. The molecule has 1 aromatic rings. The molecule has 0 spiro atoms. The van der Waals surface area contributed by atoms with Gasteiger partial charge in [0.05, 0.1) is 0 Å². The van der Waals surface area contributed by atoms with Crippen molar-refractivity contribution < 1.29 is 22.7 Å². The second-order valence-electron chi connectivity index (χ2n) is 2.79. The summed E-state index contributed by atoms with van der Waals surface area (Å²) in [6, 6.07) is 2.17. The molecular formula is C8H5F3N4O2. The number of hydrogen-bond acceptors (Lipinski definition) is 5. The first-order valence-corrected chi connectivity index (χ1v) is 4.00. The molecule has 9 heteroatoms. The van der Waals surface area contributed by atoms with Gasteiger partial charge in [-0.05, 0) is 6.07 Å². The first-order chi connectivity index (χ1) is 7.74. The molecule has 0 bridgehead atoms. The number of nitrogens with two attached hydrogens (primary N) is 2. The van der Waals surface area contributed by atoms with Crippen molar-refractivity contribution in [2.45, 2.75) is 6.36 Å². The van der Waals surface area contributed by atoms with Crippen molar-refractivity contribution in [3.8, 4) is 11.8 Å². The minimum absolute atomic E-state index is 0.423. The summed E-state index contributed by atoms with van der Waals surface area (Å²) in [7, 11) is 0. The molecule has 0 atom stereocenters. The van der Waals surface area contributed by atoms with E-state index in [0.29, 0.717) is 0 Å². The first-order valence-electron chi connectivity index (χ1n) is 4.00. The summed E-state index contributed by atoms with van der Waals surface area (Å²) in [4.78, 5) is 14.0. The van der Waals surface area contributed by atoms with Crippen LogP contribution in [0, 0.1) is 11.3 Å². The Morgan fingerprint density at radius 3 is 2.53 bits per heavy atom. The number of nitrogen functional groups attached to an aromatic ring is 1. The van der Waals surface area contributed by atoms with Crippen molar-refractivity contribution in [1.82, 2.24) is 4.98 Å². The highest BCUT2D eigenvalue weighted by Gasteiger charge is 2.34. The number of primary amides is 1. The lowest BCUT2D eigenvalue weighted by molar-refractivity contribution is -0.274. The lowest BCUT2D eigenvalue weighted by Gasteiger charge is -2.12. The van der Waals surface area contributed by atoms with Gasteiger partial charge in [0.2, 0.25) is 0 Å². The summed E-state index contributed by atoms with van der Waals surface area (Å²) < 4.78 is 39.5. The molecule has 0 aliphatic rings. The first kappa shape index (κ1) is 12.6. The number of carbonyl (C=O) groups is 1. The van der Waals surface area contributed by atoms with Crippen molar-refractivity contribution in [3.05, 3.63) is 17.3 Å². The van der Waals surface area contributed by atoms with E-state index in [0.717, 1.165) is 6.07 Å². The Kier molecular flexibility index (Phi) is 3.08. The van der Waals surface area contributed by atoms with Crippen LogP contribution in [0.4, 0.5) is 19.0 Å². The number of aromatic nitrogens is 1. The molecule has 1 aromatic heterocycles. The highest BCUT2D eigenvalue weighted by atomic mass is 19.4. The number of hydrogen-bond donors (Lipinski definition) is 2. The van der Waals surface area contributed by atoms with Gasteiger partial charge in [0.25, 0.3) is 5.91 Å². The van der Waals surface area contributed by atoms with E-state index < -0.39 is 35.1 Å². The lowest BCUT2D eigenvalue weighted by Crippen LogP contribution is -2.21. The molecule has 90 valence electrons. The molecule has 4 N–H and O–H groups in total. The number of halogens is 3. The standard InChI is InChI=1S/C8H5F3N4O2/c9-8(10,11)17-5-3(2-12)1-4(7(14)16)15-6(5)13/h1H,(H2,13,15)(H2,14,16). The number of carbonyl (C=O) groups excluding carboxylic acids is 1. The van der Waals surface area contributed by atoms with Crippen LogP contribution in [-0.2, 0) is 0 Å². The Morgan fingerprint density at radius 1 is 1.53 bits per heavy atom. The largest absolute Gasteiger partial charge is 0.573 e. The van der Waals surface area contributed by atoms with E-state index in [9.17, 15) is 18.0 Å². The van der Waals surface area contributed by atoms with Crippen LogP contribution in [0.2, 0.25) is 0 Å². The summed E-state index contributed by atoms with van der Waals surface area (Å²) in [5, 5.41) is 8.61. The molecule has 17 heavy (non-hydrogen) atoms. The minimum Gasteiger partial charge on any atom is -0.400 e. The van der Waals surface area contributed by atoms with E-state index in [1.165, 1.54) is 6.07 Å². The van der Waals surface area contributed by atoms with Gasteiger partial charge in [-0.3, -0.25) is 4.79 Å². The zero-order chi connectivity index (χ0) is 13.2. The molecule has 1 heterocycles. The number of rotatable bonds is 2. The van der Waals surface area contributed by atoms with Crippen molar-refractivity contribution in [2.75, 3.05) is 5.73 Å². The zero-order valence-electron chi connectivity index (χ0n) is 8.08. The normalized spacial score (nSPS) is 10.7. The highest BCUT2D eigenvalue weighted by Crippen LogP contribution is 2.30. The Morgan fingerprint density at radius 2 is 2.12 bits per heavy atom. The van der Waals surface area contributed by atoms with Crippen molar-refractivity contribution in [2.24, 2.45) is 5.73 Å². The monoisotopic (exact) mass is 246 g/mol. The van der Waals surface area contributed by atoms with Crippen molar-refractivity contribution >= 4 is 11.7 Å². The molecule has 0 radical (unpaired) electrons. The second-order valence-corrected chi connectivity index (χ2v) is 2.79. The maximum Gasteiger partial charge on any atom is 0.573 e. The SMILES string of the molecule is N#Cc1cc(C(N)=O)nc(N)c1OC(F)(F)F. The van der Waals surface area contributed by atoms with Crippen LogP contribution in [0.15, 0.2) is 6.07 Å².